The molecule has 4 heteroatoms. The van der Waals surface area contributed by atoms with Gasteiger partial charge in [0.2, 0.25) is 5.91 Å². The standard InChI is InChI=1S/C10H15NO3/c1-10(2)6-8(14-9(10)13)11-5-3-4-7(11)12/h8H,3-6H2,1-2H3/t8-/m0/s1. The molecular formula is C10H15NO3. The number of ether oxygens (including phenoxy) is 1. The van der Waals surface area contributed by atoms with Crippen molar-refractivity contribution >= 4 is 11.9 Å². The maximum Gasteiger partial charge on any atom is 0.313 e. The van der Waals surface area contributed by atoms with Gasteiger partial charge in [-0.05, 0) is 20.3 Å². The Morgan fingerprint density at radius 1 is 1.43 bits per heavy atom. The fourth-order valence-corrected chi connectivity index (χ4v) is 1.99. The van der Waals surface area contributed by atoms with Crippen LogP contribution in [0.25, 0.3) is 0 Å². The minimum absolute atomic E-state index is 0.112. The van der Waals surface area contributed by atoms with Crippen molar-refractivity contribution in [2.45, 2.75) is 39.3 Å². The van der Waals surface area contributed by atoms with Gasteiger partial charge in [-0.1, -0.05) is 0 Å². The maximum absolute atomic E-state index is 11.4. The molecule has 14 heavy (non-hydrogen) atoms. The van der Waals surface area contributed by atoms with E-state index in [4.69, 9.17) is 4.74 Å². The highest BCUT2D eigenvalue weighted by Crippen LogP contribution is 2.35. The van der Waals surface area contributed by atoms with E-state index in [-0.39, 0.29) is 18.1 Å². The van der Waals surface area contributed by atoms with Crippen LogP contribution in [0.2, 0.25) is 0 Å². The third-order valence-corrected chi connectivity index (χ3v) is 2.94. The Morgan fingerprint density at radius 2 is 2.14 bits per heavy atom. The average molecular weight is 197 g/mol. The molecule has 2 aliphatic rings. The van der Waals surface area contributed by atoms with Crippen molar-refractivity contribution in [3.05, 3.63) is 0 Å². The molecule has 4 nitrogen and oxygen atoms in total. The maximum atomic E-state index is 11.4. The third-order valence-electron chi connectivity index (χ3n) is 2.94. The molecule has 2 saturated heterocycles. The molecule has 0 saturated carbocycles. The summed E-state index contributed by atoms with van der Waals surface area (Å²) in [5, 5.41) is 0. The Labute approximate surface area is 83.2 Å². The quantitative estimate of drug-likeness (QED) is 0.587. The Kier molecular flexibility index (Phi) is 2.01. The fourth-order valence-electron chi connectivity index (χ4n) is 1.99. The second-order valence-corrected chi connectivity index (χ2v) is 4.64. The van der Waals surface area contributed by atoms with Crippen molar-refractivity contribution in [2.75, 3.05) is 6.54 Å². The number of likely N-dealkylation sites (tertiary alicyclic amines) is 1. The summed E-state index contributed by atoms with van der Waals surface area (Å²) in [5.41, 5.74) is -0.437. The van der Waals surface area contributed by atoms with E-state index < -0.39 is 5.41 Å². The van der Waals surface area contributed by atoms with Crippen LogP contribution in [-0.4, -0.2) is 29.5 Å². The first-order chi connectivity index (χ1) is 6.50. The number of rotatable bonds is 1. The molecule has 2 rings (SSSR count). The first-order valence-electron chi connectivity index (χ1n) is 5.01. The smallest absolute Gasteiger partial charge is 0.313 e. The molecule has 2 heterocycles. The summed E-state index contributed by atoms with van der Waals surface area (Å²) >= 11 is 0. The number of esters is 1. The molecular weight excluding hydrogens is 182 g/mol. The molecule has 2 aliphatic heterocycles. The van der Waals surface area contributed by atoms with Crippen molar-refractivity contribution in [1.29, 1.82) is 0 Å². The predicted molar refractivity (Wildman–Crippen MR) is 49.2 cm³/mol. The van der Waals surface area contributed by atoms with E-state index in [1.165, 1.54) is 0 Å². The average Bonchev–Trinajstić information content (AvgIpc) is 2.58. The lowest BCUT2D eigenvalue weighted by molar-refractivity contribution is -0.155. The SMILES string of the molecule is CC1(C)C[C@@H](N2CCCC2=O)OC1=O. The lowest BCUT2D eigenvalue weighted by atomic mass is 9.91. The summed E-state index contributed by atoms with van der Waals surface area (Å²) in [6.45, 7) is 4.44. The second kappa shape index (κ2) is 2.97. The number of hydrogen-bond acceptors (Lipinski definition) is 3. The summed E-state index contributed by atoms with van der Waals surface area (Å²) < 4.78 is 5.20. The Bertz CT molecular complexity index is 285. The fraction of sp³-hybridized carbons (Fsp3) is 0.800. The van der Waals surface area contributed by atoms with Gasteiger partial charge in [-0.3, -0.25) is 9.59 Å². The highest BCUT2D eigenvalue weighted by atomic mass is 16.6. The van der Waals surface area contributed by atoms with E-state index >= 15 is 0 Å². The summed E-state index contributed by atoms with van der Waals surface area (Å²) in [7, 11) is 0. The van der Waals surface area contributed by atoms with Crippen LogP contribution >= 0.6 is 0 Å². The monoisotopic (exact) mass is 197 g/mol. The van der Waals surface area contributed by atoms with Crippen molar-refractivity contribution in [2.24, 2.45) is 5.41 Å². The number of amides is 1. The molecule has 1 atom stereocenters. The van der Waals surface area contributed by atoms with Crippen LogP contribution in [0.15, 0.2) is 0 Å². The molecule has 0 aromatic rings. The van der Waals surface area contributed by atoms with Crippen molar-refractivity contribution in [1.82, 2.24) is 4.90 Å². The minimum Gasteiger partial charge on any atom is -0.441 e. The summed E-state index contributed by atoms with van der Waals surface area (Å²) in [6, 6.07) is 0. The Morgan fingerprint density at radius 3 is 2.57 bits per heavy atom. The van der Waals surface area contributed by atoms with Crippen LogP contribution in [0.1, 0.15) is 33.1 Å². The molecule has 78 valence electrons. The van der Waals surface area contributed by atoms with Gasteiger partial charge < -0.3 is 9.64 Å². The van der Waals surface area contributed by atoms with Gasteiger partial charge in [-0.15, -0.1) is 0 Å². The van der Waals surface area contributed by atoms with Crippen LogP contribution in [0.5, 0.6) is 0 Å². The molecule has 2 fully saturated rings. The Hall–Kier alpha value is -1.06. The van der Waals surface area contributed by atoms with Gasteiger partial charge >= 0.3 is 5.97 Å². The molecule has 0 bridgehead atoms. The zero-order valence-electron chi connectivity index (χ0n) is 8.58. The van der Waals surface area contributed by atoms with E-state index in [1.807, 2.05) is 13.8 Å². The molecule has 0 radical (unpaired) electrons. The van der Waals surface area contributed by atoms with Crippen molar-refractivity contribution in [3.8, 4) is 0 Å². The zero-order chi connectivity index (χ0) is 10.3. The molecule has 0 N–H and O–H groups in total. The number of hydrogen-bond donors (Lipinski definition) is 0. The number of carbonyl (C=O) groups is 2. The zero-order valence-corrected chi connectivity index (χ0v) is 8.58. The van der Waals surface area contributed by atoms with Gasteiger partial charge in [0.05, 0.1) is 5.41 Å². The first-order valence-corrected chi connectivity index (χ1v) is 5.01. The number of cyclic esters (lactones) is 1. The molecule has 0 aromatic carbocycles. The molecule has 0 aromatic heterocycles. The van der Waals surface area contributed by atoms with Crippen LogP contribution in [0.3, 0.4) is 0 Å². The molecule has 0 unspecified atom stereocenters. The van der Waals surface area contributed by atoms with Gasteiger partial charge in [0, 0.05) is 19.4 Å². The van der Waals surface area contributed by atoms with Gasteiger partial charge in [-0.25, -0.2) is 0 Å². The van der Waals surface area contributed by atoms with Crippen LogP contribution in [0, 0.1) is 5.41 Å². The van der Waals surface area contributed by atoms with E-state index in [0.29, 0.717) is 12.8 Å². The van der Waals surface area contributed by atoms with Crippen LogP contribution in [-0.2, 0) is 14.3 Å². The van der Waals surface area contributed by atoms with E-state index in [0.717, 1.165) is 13.0 Å². The summed E-state index contributed by atoms with van der Waals surface area (Å²) in [6.07, 6.45) is 1.78. The molecule has 0 aliphatic carbocycles. The van der Waals surface area contributed by atoms with Gasteiger partial charge in [0.15, 0.2) is 6.23 Å². The van der Waals surface area contributed by atoms with Crippen molar-refractivity contribution in [3.63, 3.8) is 0 Å². The predicted octanol–water partition coefficient (Wildman–Crippen LogP) is 0.908. The largest absolute Gasteiger partial charge is 0.441 e. The van der Waals surface area contributed by atoms with Gasteiger partial charge in [0.25, 0.3) is 0 Å². The van der Waals surface area contributed by atoms with Crippen LogP contribution < -0.4 is 0 Å². The third kappa shape index (κ3) is 1.38. The Balaban J connectivity index is 2.08. The van der Waals surface area contributed by atoms with Crippen LogP contribution in [0.4, 0.5) is 0 Å². The summed E-state index contributed by atoms with van der Waals surface area (Å²) in [5.74, 6) is -0.0808. The number of carbonyl (C=O) groups excluding carboxylic acids is 2. The lowest BCUT2D eigenvalue weighted by Gasteiger charge is -2.22. The van der Waals surface area contributed by atoms with E-state index in [1.54, 1.807) is 4.90 Å². The number of nitrogens with zero attached hydrogens (tertiary/aromatic N) is 1. The van der Waals surface area contributed by atoms with Gasteiger partial charge in [-0.2, -0.15) is 0 Å². The van der Waals surface area contributed by atoms with Crippen molar-refractivity contribution < 1.29 is 14.3 Å². The highest BCUT2D eigenvalue weighted by Gasteiger charge is 2.45. The highest BCUT2D eigenvalue weighted by molar-refractivity contribution is 5.81. The van der Waals surface area contributed by atoms with E-state index in [9.17, 15) is 9.59 Å². The normalized spacial score (nSPS) is 31.0. The second-order valence-electron chi connectivity index (χ2n) is 4.64. The lowest BCUT2D eigenvalue weighted by Crippen LogP contribution is -2.36. The molecule has 1 amide bonds. The summed E-state index contributed by atoms with van der Waals surface area (Å²) in [4.78, 5) is 24.5. The molecule has 0 spiro atoms. The topological polar surface area (TPSA) is 46.6 Å². The first kappa shape index (κ1) is 9.49. The van der Waals surface area contributed by atoms with Gasteiger partial charge in [0.1, 0.15) is 0 Å². The van der Waals surface area contributed by atoms with E-state index in [2.05, 4.69) is 0 Å². The minimum atomic E-state index is -0.437.